The van der Waals surface area contributed by atoms with Gasteiger partial charge in [-0.2, -0.15) is 0 Å². The molecule has 1 aliphatic carbocycles. The molecule has 4 nitrogen and oxygen atoms in total. The molecule has 16 heavy (non-hydrogen) atoms. The van der Waals surface area contributed by atoms with Gasteiger partial charge >= 0.3 is 0 Å². The monoisotopic (exact) mass is 240 g/mol. The molecule has 1 aromatic carbocycles. The van der Waals surface area contributed by atoms with Gasteiger partial charge in [0.1, 0.15) is 0 Å². The Hall–Kier alpha value is -0.910. The minimum atomic E-state index is -3.31. The van der Waals surface area contributed by atoms with Gasteiger partial charge in [0, 0.05) is 12.1 Å². The van der Waals surface area contributed by atoms with Crippen LogP contribution in [-0.2, 0) is 9.84 Å². The quantitative estimate of drug-likeness (QED) is 0.790. The number of hydrogen-bond acceptors (Lipinski definition) is 4. The van der Waals surface area contributed by atoms with E-state index in [4.69, 9.17) is 11.5 Å². The molecule has 0 heterocycles. The first kappa shape index (κ1) is 11.6. The van der Waals surface area contributed by atoms with Crippen LogP contribution in [0.15, 0.2) is 29.2 Å². The van der Waals surface area contributed by atoms with Gasteiger partial charge in [0.05, 0.1) is 10.1 Å². The smallest absolute Gasteiger partial charge is 0.183 e. The van der Waals surface area contributed by atoms with E-state index in [1.807, 2.05) is 6.92 Å². The molecule has 1 saturated carbocycles. The Labute approximate surface area is 95.6 Å². The van der Waals surface area contributed by atoms with Gasteiger partial charge in [-0.25, -0.2) is 8.42 Å². The van der Waals surface area contributed by atoms with Gasteiger partial charge in [-0.05, 0) is 25.5 Å². The number of aryl methyl sites for hydroxylation is 1. The van der Waals surface area contributed by atoms with Crippen LogP contribution in [0.25, 0.3) is 0 Å². The van der Waals surface area contributed by atoms with Crippen LogP contribution < -0.4 is 11.5 Å². The fraction of sp³-hybridized carbons (Fsp3) is 0.455. The van der Waals surface area contributed by atoms with Crippen molar-refractivity contribution in [3.63, 3.8) is 0 Å². The van der Waals surface area contributed by atoms with E-state index in [0.29, 0.717) is 11.3 Å². The minimum absolute atomic E-state index is 0.211. The van der Waals surface area contributed by atoms with Crippen molar-refractivity contribution in [2.24, 2.45) is 11.5 Å². The normalized spacial score (nSPS) is 29.1. The predicted molar refractivity (Wildman–Crippen MR) is 62.7 cm³/mol. The highest BCUT2D eigenvalue weighted by atomic mass is 32.2. The van der Waals surface area contributed by atoms with Crippen molar-refractivity contribution in [2.45, 2.75) is 29.0 Å². The van der Waals surface area contributed by atoms with Gasteiger partial charge in [-0.3, -0.25) is 0 Å². The van der Waals surface area contributed by atoms with Crippen molar-refractivity contribution >= 4 is 9.84 Å². The highest BCUT2D eigenvalue weighted by molar-refractivity contribution is 7.92. The molecule has 0 aliphatic heterocycles. The summed E-state index contributed by atoms with van der Waals surface area (Å²) in [6.07, 6.45) is 0.458. The first-order valence-electron chi connectivity index (χ1n) is 5.20. The van der Waals surface area contributed by atoms with Crippen LogP contribution in [0, 0.1) is 6.92 Å². The van der Waals surface area contributed by atoms with Crippen molar-refractivity contribution < 1.29 is 8.42 Å². The highest BCUT2D eigenvalue weighted by Crippen LogP contribution is 2.41. The topological polar surface area (TPSA) is 86.2 Å². The van der Waals surface area contributed by atoms with E-state index in [1.165, 1.54) is 0 Å². The molecule has 88 valence electrons. The van der Waals surface area contributed by atoms with Gasteiger partial charge in [-0.1, -0.05) is 17.7 Å². The minimum Gasteiger partial charge on any atom is -0.329 e. The van der Waals surface area contributed by atoms with E-state index in [2.05, 4.69) is 0 Å². The molecule has 0 unspecified atom stereocenters. The summed E-state index contributed by atoms with van der Waals surface area (Å²) >= 11 is 0. The molecule has 0 saturated heterocycles. The Balaban J connectivity index is 2.31. The van der Waals surface area contributed by atoms with Gasteiger partial charge in [-0.15, -0.1) is 0 Å². The molecule has 1 aliphatic rings. The molecule has 2 rings (SSSR count). The summed E-state index contributed by atoms with van der Waals surface area (Å²) in [6, 6.07) is 6.83. The van der Waals surface area contributed by atoms with Crippen molar-refractivity contribution in [1.82, 2.24) is 0 Å². The number of rotatable bonds is 3. The standard InChI is InChI=1S/C11H16N2O2S/c1-8-2-4-9(5-3-8)16(14,15)10-6-11(10,13)7-12/h2-5,10H,6-7,12-13H2,1H3/t10-,11-/m0/s1. The SMILES string of the molecule is Cc1ccc(S(=O)(=O)[C@H]2C[C@]2(N)CN)cc1. The van der Waals surface area contributed by atoms with Crippen LogP contribution in [0.1, 0.15) is 12.0 Å². The molecule has 1 aromatic rings. The molecule has 0 aromatic heterocycles. The lowest BCUT2D eigenvalue weighted by atomic mass is 10.2. The van der Waals surface area contributed by atoms with Crippen LogP contribution in [0.3, 0.4) is 0 Å². The second-order valence-corrected chi connectivity index (χ2v) is 6.62. The molecule has 0 bridgehead atoms. The molecular weight excluding hydrogens is 224 g/mol. The largest absolute Gasteiger partial charge is 0.329 e. The summed E-state index contributed by atoms with van der Waals surface area (Å²) in [5, 5.41) is -0.521. The maximum atomic E-state index is 12.1. The van der Waals surface area contributed by atoms with Crippen LogP contribution >= 0.6 is 0 Å². The highest BCUT2D eigenvalue weighted by Gasteiger charge is 2.58. The van der Waals surface area contributed by atoms with Crippen molar-refractivity contribution in [3.05, 3.63) is 29.8 Å². The van der Waals surface area contributed by atoms with E-state index in [9.17, 15) is 8.42 Å². The molecule has 0 amide bonds. The Morgan fingerprint density at radius 3 is 2.38 bits per heavy atom. The molecule has 4 N–H and O–H groups in total. The van der Waals surface area contributed by atoms with Crippen LogP contribution in [-0.4, -0.2) is 25.8 Å². The third-order valence-electron chi connectivity index (χ3n) is 3.15. The second kappa shape index (κ2) is 3.55. The van der Waals surface area contributed by atoms with E-state index in [0.717, 1.165) is 5.56 Å². The number of benzene rings is 1. The average molecular weight is 240 g/mol. The molecule has 2 atom stereocenters. The van der Waals surface area contributed by atoms with Crippen molar-refractivity contribution in [3.8, 4) is 0 Å². The molecular formula is C11H16N2O2S. The van der Waals surface area contributed by atoms with E-state index in [-0.39, 0.29) is 6.54 Å². The fourth-order valence-electron chi connectivity index (χ4n) is 1.81. The zero-order chi connectivity index (χ0) is 12.0. The summed E-state index contributed by atoms with van der Waals surface area (Å²) in [4.78, 5) is 0.337. The molecule has 0 radical (unpaired) electrons. The Bertz CT molecular complexity index is 495. The zero-order valence-electron chi connectivity index (χ0n) is 9.18. The number of hydrogen-bond donors (Lipinski definition) is 2. The van der Waals surface area contributed by atoms with E-state index in [1.54, 1.807) is 24.3 Å². The molecule has 1 fully saturated rings. The second-order valence-electron chi connectivity index (χ2n) is 4.49. The summed E-state index contributed by atoms with van der Waals surface area (Å²) in [5.41, 5.74) is 11.6. The number of sulfone groups is 1. The van der Waals surface area contributed by atoms with E-state index < -0.39 is 20.6 Å². The van der Waals surface area contributed by atoms with Crippen molar-refractivity contribution in [1.29, 1.82) is 0 Å². The van der Waals surface area contributed by atoms with Crippen LogP contribution in [0.2, 0.25) is 0 Å². The third-order valence-corrected chi connectivity index (χ3v) is 5.47. The lowest BCUT2D eigenvalue weighted by molar-refractivity contribution is 0.586. The summed E-state index contributed by atoms with van der Waals surface area (Å²) in [6.45, 7) is 2.13. The first-order valence-corrected chi connectivity index (χ1v) is 6.74. The van der Waals surface area contributed by atoms with Gasteiger partial charge in [0.15, 0.2) is 9.84 Å². The van der Waals surface area contributed by atoms with Gasteiger partial charge in [0.25, 0.3) is 0 Å². The molecule has 5 heteroatoms. The lowest BCUT2D eigenvalue weighted by Gasteiger charge is -2.09. The van der Waals surface area contributed by atoms with Crippen molar-refractivity contribution in [2.75, 3.05) is 6.54 Å². The zero-order valence-corrected chi connectivity index (χ0v) is 10.00. The van der Waals surface area contributed by atoms with Gasteiger partial charge in [0.2, 0.25) is 0 Å². The fourth-order valence-corrected chi connectivity index (χ4v) is 3.90. The third kappa shape index (κ3) is 1.75. The van der Waals surface area contributed by atoms with Crippen LogP contribution in [0.4, 0.5) is 0 Å². The number of nitrogens with two attached hydrogens (primary N) is 2. The summed E-state index contributed by atoms with van der Waals surface area (Å²) in [7, 11) is -3.31. The predicted octanol–water partition coefficient (Wildman–Crippen LogP) is 0.197. The Morgan fingerprint density at radius 2 is 1.94 bits per heavy atom. The van der Waals surface area contributed by atoms with E-state index >= 15 is 0 Å². The lowest BCUT2D eigenvalue weighted by Crippen LogP contribution is -2.38. The maximum absolute atomic E-state index is 12.1. The molecule has 0 spiro atoms. The first-order chi connectivity index (χ1) is 7.40. The van der Waals surface area contributed by atoms with Crippen LogP contribution in [0.5, 0.6) is 0 Å². The average Bonchev–Trinajstić information content (AvgIpc) is 2.93. The summed E-state index contributed by atoms with van der Waals surface area (Å²) < 4.78 is 24.3. The van der Waals surface area contributed by atoms with Gasteiger partial charge < -0.3 is 11.5 Å². The summed E-state index contributed by atoms with van der Waals surface area (Å²) in [5.74, 6) is 0. The maximum Gasteiger partial charge on any atom is 0.183 e. The Kier molecular flexibility index (Phi) is 2.57. The Morgan fingerprint density at radius 1 is 1.38 bits per heavy atom.